The maximum absolute atomic E-state index is 12.4. The minimum atomic E-state index is -0.0973. The van der Waals surface area contributed by atoms with Crippen LogP contribution < -0.4 is 0 Å². The lowest BCUT2D eigenvalue weighted by Gasteiger charge is -2.02. The number of carbonyl (C=O) groups excluding carboxylic acids is 1. The quantitative estimate of drug-likeness (QED) is 0.642. The molecule has 0 aliphatic carbocycles. The van der Waals surface area contributed by atoms with E-state index >= 15 is 0 Å². The zero-order chi connectivity index (χ0) is 12.5. The molecule has 18 heavy (non-hydrogen) atoms. The maximum Gasteiger partial charge on any atom is 0.215 e. The molecule has 0 aliphatic heterocycles. The van der Waals surface area contributed by atoms with Crippen LogP contribution in [0.2, 0.25) is 0 Å². The van der Waals surface area contributed by atoms with Gasteiger partial charge in [-0.3, -0.25) is 14.5 Å². The van der Waals surface area contributed by atoms with E-state index in [2.05, 4.69) is 10.1 Å². The lowest BCUT2D eigenvalue weighted by molar-refractivity contribution is 0.103. The Morgan fingerprint density at radius 1 is 1.22 bits per heavy atom. The van der Waals surface area contributed by atoms with Crippen molar-refractivity contribution in [1.82, 2.24) is 14.8 Å². The van der Waals surface area contributed by atoms with Crippen LogP contribution in [0.5, 0.6) is 0 Å². The van der Waals surface area contributed by atoms with Crippen LogP contribution in [-0.2, 0) is 7.05 Å². The molecule has 0 atom stereocenters. The molecule has 0 aliphatic rings. The highest BCUT2D eigenvalue weighted by molar-refractivity contribution is 6.14. The van der Waals surface area contributed by atoms with Crippen LogP contribution in [0.3, 0.4) is 0 Å². The summed E-state index contributed by atoms with van der Waals surface area (Å²) in [6.45, 7) is 0. The number of aryl methyl sites for hydroxylation is 1. The van der Waals surface area contributed by atoms with Crippen LogP contribution in [0.15, 0.2) is 48.9 Å². The summed E-state index contributed by atoms with van der Waals surface area (Å²) >= 11 is 0. The largest absolute Gasteiger partial charge is 0.287 e. The molecule has 0 radical (unpaired) electrons. The number of pyridine rings is 1. The van der Waals surface area contributed by atoms with Gasteiger partial charge in [-0.2, -0.15) is 5.10 Å². The van der Waals surface area contributed by atoms with Crippen LogP contribution in [-0.4, -0.2) is 20.5 Å². The van der Waals surface area contributed by atoms with Crippen LogP contribution in [0.25, 0.3) is 10.8 Å². The maximum atomic E-state index is 12.4. The number of fused-ring (bicyclic) bond motifs is 1. The van der Waals surface area contributed by atoms with E-state index in [4.69, 9.17) is 0 Å². The molecule has 0 bridgehead atoms. The molecule has 3 rings (SSSR count). The summed E-state index contributed by atoms with van der Waals surface area (Å²) in [5.74, 6) is -0.0973. The number of aromatic nitrogens is 3. The third kappa shape index (κ3) is 1.68. The standard InChI is InChI=1S/C14H11N3O/c1-17-9-11(8-16-17)14(18)13-12-5-3-2-4-10(12)6-7-15-13/h2-9H,1H3. The molecular formula is C14H11N3O. The molecule has 0 N–H and O–H groups in total. The lowest BCUT2D eigenvalue weighted by atomic mass is 10.0. The summed E-state index contributed by atoms with van der Waals surface area (Å²) in [6.07, 6.45) is 4.92. The van der Waals surface area contributed by atoms with Crippen molar-refractivity contribution < 1.29 is 4.79 Å². The first-order valence-electron chi connectivity index (χ1n) is 5.63. The minimum Gasteiger partial charge on any atom is -0.287 e. The van der Waals surface area contributed by atoms with Crippen molar-refractivity contribution in [3.63, 3.8) is 0 Å². The van der Waals surface area contributed by atoms with E-state index in [1.807, 2.05) is 30.3 Å². The zero-order valence-electron chi connectivity index (χ0n) is 9.87. The van der Waals surface area contributed by atoms with Gasteiger partial charge in [-0.1, -0.05) is 24.3 Å². The van der Waals surface area contributed by atoms with E-state index in [1.165, 1.54) is 0 Å². The van der Waals surface area contributed by atoms with Crippen molar-refractivity contribution in [3.8, 4) is 0 Å². The number of rotatable bonds is 2. The minimum absolute atomic E-state index is 0.0973. The van der Waals surface area contributed by atoms with Gasteiger partial charge >= 0.3 is 0 Å². The summed E-state index contributed by atoms with van der Waals surface area (Å²) in [7, 11) is 1.79. The third-order valence-electron chi connectivity index (χ3n) is 2.86. The highest BCUT2D eigenvalue weighted by Gasteiger charge is 2.15. The fraction of sp³-hybridized carbons (Fsp3) is 0.0714. The van der Waals surface area contributed by atoms with E-state index in [0.717, 1.165) is 10.8 Å². The van der Waals surface area contributed by atoms with Crippen LogP contribution in [0.4, 0.5) is 0 Å². The molecule has 0 amide bonds. The van der Waals surface area contributed by atoms with Crippen LogP contribution in [0, 0.1) is 0 Å². The van der Waals surface area contributed by atoms with Gasteiger partial charge in [0, 0.05) is 24.8 Å². The molecule has 4 heteroatoms. The molecule has 2 heterocycles. The zero-order valence-corrected chi connectivity index (χ0v) is 9.87. The summed E-state index contributed by atoms with van der Waals surface area (Å²) < 4.78 is 1.61. The van der Waals surface area contributed by atoms with Crippen LogP contribution in [0.1, 0.15) is 16.1 Å². The molecule has 88 valence electrons. The summed E-state index contributed by atoms with van der Waals surface area (Å²) in [4.78, 5) is 16.6. The van der Waals surface area contributed by atoms with Gasteiger partial charge in [0.15, 0.2) is 0 Å². The Balaban J connectivity index is 2.17. The van der Waals surface area contributed by atoms with E-state index in [1.54, 1.807) is 30.3 Å². The second-order valence-corrected chi connectivity index (χ2v) is 4.11. The lowest BCUT2D eigenvalue weighted by Crippen LogP contribution is -2.03. The highest BCUT2D eigenvalue weighted by atomic mass is 16.1. The first-order chi connectivity index (χ1) is 8.75. The Kier molecular flexibility index (Phi) is 2.41. The third-order valence-corrected chi connectivity index (χ3v) is 2.86. The normalized spacial score (nSPS) is 10.7. The highest BCUT2D eigenvalue weighted by Crippen LogP contribution is 2.18. The van der Waals surface area contributed by atoms with Gasteiger partial charge in [0.05, 0.1) is 11.8 Å². The van der Waals surface area contributed by atoms with Crippen molar-refractivity contribution in [2.45, 2.75) is 0 Å². The molecule has 1 aromatic carbocycles. The Bertz CT molecular complexity index is 725. The molecular weight excluding hydrogens is 226 g/mol. The van der Waals surface area contributed by atoms with Gasteiger partial charge in [0.1, 0.15) is 5.69 Å². The summed E-state index contributed by atoms with van der Waals surface area (Å²) in [5.41, 5.74) is 1.03. The number of hydrogen-bond acceptors (Lipinski definition) is 3. The van der Waals surface area contributed by atoms with Crippen LogP contribution >= 0.6 is 0 Å². The average Bonchev–Trinajstić information content (AvgIpc) is 2.84. The van der Waals surface area contributed by atoms with E-state index < -0.39 is 0 Å². The van der Waals surface area contributed by atoms with E-state index in [-0.39, 0.29) is 5.78 Å². The predicted octanol–water partition coefficient (Wildman–Crippen LogP) is 2.20. The number of carbonyl (C=O) groups is 1. The number of hydrogen-bond donors (Lipinski definition) is 0. The molecule has 0 fully saturated rings. The Labute approximate surface area is 104 Å². The summed E-state index contributed by atoms with van der Waals surface area (Å²) in [5, 5.41) is 5.89. The summed E-state index contributed by atoms with van der Waals surface area (Å²) in [6, 6.07) is 9.63. The number of nitrogens with zero attached hydrogens (tertiary/aromatic N) is 3. The second-order valence-electron chi connectivity index (χ2n) is 4.11. The Morgan fingerprint density at radius 3 is 2.83 bits per heavy atom. The van der Waals surface area contributed by atoms with Crippen molar-refractivity contribution in [3.05, 3.63) is 60.2 Å². The SMILES string of the molecule is Cn1cc(C(=O)c2nccc3ccccc23)cn1. The fourth-order valence-electron chi connectivity index (χ4n) is 1.98. The van der Waals surface area contributed by atoms with Gasteiger partial charge in [0.25, 0.3) is 0 Å². The molecule has 4 nitrogen and oxygen atoms in total. The number of ketones is 1. The predicted molar refractivity (Wildman–Crippen MR) is 68.4 cm³/mol. The Morgan fingerprint density at radius 2 is 2.06 bits per heavy atom. The van der Waals surface area contributed by atoms with Gasteiger partial charge < -0.3 is 0 Å². The van der Waals surface area contributed by atoms with Gasteiger partial charge in [-0.15, -0.1) is 0 Å². The smallest absolute Gasteiger partial charge is 0.215 e. The second kappa shape index (κ2) is 4.07. The molecule has 0 saturated heterocycles. The van der Waals surface area contributed by atoms with Crippen molar-refractivity contribution >= 4 is 16.6 Å². The van der Waals surface area contributed by atoms with Crippen molar-refractivity contribution in [2.24, 2.45) is 7.05 Å². The fourth-order valence-corrected chi connectivity index (χ4v) is 1.98. The van der Waals surface area contributed by atoms with E-state index in [0.29, 0.717) is 11.3 Å². The van der Waals surface area contributed by atoms with Crippen molar-refractivity contribution in [2.75, 3.05) is 0 Å². The van der Waals surface area contributed by atoms with Gasteiger partial charge in [-0.05, 0) is 11.5 Å². The molecule has 3 aromatic rings. The molecule has 0 spiro atoms. The van der Waals surface area contributed by atoms with Gasteiger partial charge in [-0.25, -0.2) is 0 Å². The van der Waals surface area contributed by atoms with Gasteiger partial charge in [0.2, 0.25) is 5.78 Å². The molecule has 2 aromatic heterocycles. The molecule has 0 saturated carbocycles. The first-order valence-corrected chi connectivity index (χ1v) is 5.63. The monoisotopic (exact) mass is 237 g/mol. The topological polar surface area (TPSA) is 47.8 Å². The number of benzene rings is 1. The molecule has 0 unspecified atom stereocenters. The first kappa shape index (κ1) is 10.7. The van der Waals surface area contributed by atoms with Crippen molar-refractivity contribution in [1.29, 1.82) is 0 Å². The van der Waals surface area contributed by atoms with E-state index in [9.17, 15) is 4.79 Å². The Hall–Kier alpha value is -2.49. The average molecular weight is 237 g/mol.